The van der Waals surface area contributed by atoms with E-state index in [0.29, 0.717) is 0 Å². The summed E-state index contributed by atoms with van der Waals surface area (Å²) in [6, 6.07) is 5.95. The van der Waals surface area contributed by atoms with E-state index in [1.165, 1.54) is 0 Å². The van der Waals surface area contributed by atoms with Gasteiger partial charge in [0.2, 0.25) is 0 Å². The molecule has 2 rings (SSSR count). The first-order valence-electron chi connectivity index (χ1n) is 6.81. The fourth-order valence-corrected chi connectivity index (χ4v) is 1.91. The third-order valence-corrected chi connectivity index (χ3v) is 2.87. The third kappa shape index (κ3) is 4.29. The van der Waals surface area contributed by atoms with E-state index >= 15 is 0 Å². The van der Waals surface area contributed by atoms with Crippen molar-refractivity contribution < 1.29 is 0 Å². The van der Waals surface area contributed by atoms with Gasteiger partial charge >= 0.3 is 0 Å². The smallest absolute Gasteiger partial charge is 0.160 e. The van der Waals surface area contributed by atoms with Crippen LogP contribution < -0.4 is 10.6 Å². The summed E-state index contributed by atoms with van der Waals surface area (Å²) >= 11 is 0. The summed E-state index contributed by atoms with van der Waals surface area (Å²) < 4.78 is 2.04. The first kappa shape index (κ1) is 14.0. The van der Waals surface area contributed by atoms with Crippen molar-refractivity contribution in [1.29, 1.82) is 0 Å². The summed E-state index contributed by atoms with van der Waals surface area (Å²) in [5.74, 6) is 1.01. The topological polar surface area (TPSA) is 54.2 Å². The van der Waals surface area contributed by atoms with Gasteiger partial charge in [0.1, 0.15) is 5.82 Å². The Labute approximate surface area is 114 Å². The highest BCUT2D eigenvalue weighted by Gasteiger charge is 2.07. The average molecular weight is 261 g/mol. The minimum Gasteiger partial charge on any atom is -0.315 e. The second-order valence-corrected chi connectivity index (χ2v) is 5.72. The zero-order chi connectivity index (χ0) is 13.7. The SMILES string of the molecule is CC(C)(C)NCCNCCc1nnc2ccccn12. The molecule has 2 aromatic rings. The Morgan fingerprint density at radius 1 is 1.11 bits per heavy atom. The largest absolute Gasteiger partial charge is 0.315 e. The molecule has 0 aliphatic rings. The number of hydrogen-bond donors (Lipinski definition) is 2. The molecular formula is C14H23N5. The molecule has 0 aromatic carbocycles. The predicted octanol–water partition coefficient (Wildman–Crippen LogP) is 1.25. The van der Waals surface area contributed by atoms with Gasteiger partial charge in [0.25, 0.3) is 0 Å². The molecule has 0 bridgehead atoms. The van der Waals surface area contributed by atoms with Crippen molar-refractivity contribution in [2.75, 3.05) is 19.6 Å². The zero-order valence-electron chi connectivity index (χ0n) is 12.0. The molecule has 0 unspecified atom stereocenters. The lowest BCUT2D eigenvalue weighted by atomic mass is 10.1. The average Bonchev–Trinajstić information content (AvgIpc) is 2.76. The van der Waals surface area contributed by atoms with Crippen LogP contribution in [-0.2, 0) is 6.42 Å². The van der Waals surface area contributed by atoms with Gasteiger partial charge in [0.05, 0.1) is 0 Å². The van der Waals surface area contributed by atoms with Crippen LogP contribution >= 0.6 is 0 Å². The van der Waals surface area contributed by atoms with E-state index in [2.05, 4.69) is 41.6 Å². The van der Waals surface area contributed by atoms with Crippen molar-refractivity contribution in [3.63, 3.8) is 0 Å². The molecular weight excluding hydrogens is 238 g/mol. The Morgan fingerprint density at radius 3 is 2.74 bits per heavy atom. The first-order valence-corrected chi connectivity index (χ1v) is 6.81. The second-order valence-electron chi connectivity index (χ2n) is 5.72. The Bertz CT molecular complexity index is 512. The van der Waals surface area contributed by atoms with Gasteiger partial charge in [-0.3, -0.25) is 4.40 Å². The number of fused-ring (bicyclic) bond motifs is 1. The fourth-order valence-electron chi connectivity index (χ4n) is 1.91. The number of aromatic nitrogens is 3. The Kier molecular flexibility index (Phi) is 4.50. The van der Waals surface area contributed by atoms with Crippen molar-refractivity contribution in [2.24, 2.45) is 0 Å². The highest BCUT2D eigenvalue weighted by atomic mass is 15.2. The lowest BCUT2D eigenvalue weighted by molar-refractivity contribution is 0.422. The van der Waals surface area contributed by atoms with Crippen LogP contribution in [0.5, 0.6) is 0 Å². The van der Waals surface area contributed by atoms with Gasteiger partial charge < -0.3 is 10.6 Å². The van der Waals surface area contributed by atoms with Crippen molar-refractivity contribution >= 4 is 5.65 Å². The van der Waals surface area contributed by atoms with E-state index in [0.717, 1.165) is 37.5 Å². The molecule has 2 N–H and O–H groups in total. The van der Waals surface area contributed by atoms with E-state index in [9.17, 15) is 0 Å². The molecule has 104 valence electrons. The van der Waals surface area contributed by atoms with Crippen LogP contribution in [-0.4, -0.2) is 39.8 Å². The fraction of sp³-hybridized carbons (Fsp3) is 0.571. The van der Waals surface area contributed by atoms with Gasteiger partial charge in [-0.15, -0.1) is 10.2 Å². The van der Waals surface area contributed by atoms with E-state index < -0.39 is 0 Å². The molecule has 0 amide bonds. The highest BCUT2D eigenvalue weighted by molar-refractivity contribution is 5.36. The number of hydrogen-bond acceptors (Lipinski definition) is 4. The Morgan fingerprint density at radius 2 is 1.95 bits per heavy atom. The molecule has 2 aromatic heterocycles. The lowest BCUT2D eigenvalue weighted by Gasteiger charge is -2.20. The maximum absolute atomic E-state index is 4.21. The summed E-state index contributed by atoms with van der Waals surface area (Å²) in [7, 11) is 0. The normalized spacial score (nSPS) is 12.2. The molecule has 5 heteroatoms. The molecule has 0 atom stereocenters. The van der Waals surface area contributed by atoms with Crippen LogP contribution in [0.2, 0.25) is 0 Å². The van der Waals surface area contributed by atoms with Crippen LogP contribution in [0.25, 0.3) is 5.65 Å². The summed E-state index contributed by atoms with van der Waals surface area (Å²) in [4.78, 5) is 0. The van der Waals surface area contributed by atoms with Crippen molar-refractivity contribution in [2.45, 2.75) is 32.7 Å². The van der Waals surface area contributed by atoms with Gasteiger partial charge in [-0.2, -0.15) is 0 Å². The maximum Gasteiger partial charge on any atom is 0.160 e. The Balaban J connectivity index is 1.71. The van der Waals surface area contributed by atoms with E-state index in [1.54, 1.807) is 0 Å². The quantitative estimate of drug-likeness (QED) is 0.769. The van der Waals surface area contributed by atoms with Gasteiger partial charge in [0, 0.05) is 37.8 Å². The van der Waals surface area contributed by atoms with Crippen LogP contribution in [0.1, 0.15) is 26.6 Å². The minimum absolute atomic E-state index is 0.185. The molecule has 0 radical (unpaired) electrons. The zero-order valence-corrected chi connectivity index (χ0v) is 12.0. The summed E-state index contributed by atoms with van der Waals surface area (Å²) in [6.45, 7) is 9.39. The molecule has 19 heavy (non-hydrogen) atoms. The van der Waals surface area contributed by atoms with Crippen molar-refractivity contribution in [1.82, 2.24) is 25.2 Å². The van der Waals surface area contributed by atoms with E-state index in [4.69, 9.17) is 0 Å². The first-order chi connectivity index (χ1) is 9.06. The van der Waals surface area contributed by atoms with Crippen molar-refractivity contribution in [3.8, 4) is 0 Å². The molecule has 0 saturated carbocycles. The Hall–Kier alpha value is -1.46. The highest BCUT2D eigenvalue weighted by Crippen LogP contribution is 2.02. The number of nitrogens with one attached hydrogen (secondary N) is 2. The monoisotopic (exact) mass is 261 g/mol. The number of rotatable bonds is 6. The van der Waals surface area contributed by atoms with Gasteiger partial charge in [0.15, 0.2) is 5.65 Å². The molecule has 0 spiro atoms. The van der Waals surface area contributed by atoms with E-state index in [-0.39, 0.29) is 5.54 Å². The minimum atomic E-state index is 0.185. The van der Waals surface area contributed by atoms with Crippen LogP contribution in [0, 0.1) is 0 Å². The molecule has 0 aliphatic heterocycles. The molecule has 0 saturated heterocycles. The lowest BCUT2D eigenvalue weighted by Crippen LogP contribution is -2.40. The molecule has 0 fully saturated rings. The summed E-state index contributed by atoms with van der Waals surface area (Å²) in [5.41, 5.74) is 1.09. The van der Waals surface area contributed by atoms with Crippen molar-refractivity contribution in [3.05, 3.63) is 30.2 Å². The third-order valence-electron chi connectivity index (χ3n) is 2.87. The summed E-state index contributed by atoms with van der Waals surface area (Å²) in [6.07, 6.45) is 2.90. The van der Waals surface area contributed by atoms with Gasteiger partial charge in [-0.25, -0.2) is 0 Å². The van der Waals surface area contributed by atoms with Crippen LogP contribution in [0.15, 0.2) is 24.4 Å². The van der Waals surface area contributed by atoms with Crippen LogP contribution in [0.3, 0.4) is 0 Å². The molecule has 0 aliphatic carbocycles. The number of nitrogens with zero attached hydrogens (tertiary/aromatic N) is 3. The maximum atomic E-state index is 4.21. The molecule has 2 heterocycles. The van der Waals surface area contributed by atoms with Gasteiger partial charge in [-0.1, -0.05) is 6.07 Å². The standard InChI is InChI=1S/C14H23N5/c1-14(2,3)16-10-9-15-8-7-13-18-17-12-6-4-5-11-19(12)13/h4-6,11,15-16H,7-10H2,1-3H3. The predicted molar refractivity (Wildman–Crippen MR) is 77.3 cm³/mol. The molecule has 5 nitrogen and oxygen atoms in total. The number of pyridine rings is 1. The summed E-state index contributed by atoms with van der Waals surface area (Å²) in [5, 5.41) is 15.2. The van der Waals surface area contributed by atoms with Gasteiger partial charge in [-0.05, 0) is 32.9 Å². The second kappa shape index (κ2) is 6.12. The van der Waals surface area contributed by atoms with E-state index in [1.807, 2.05) is 28.8 Å². The van der Waals surface area contributed by atoms with Crippen LogP contribution in [0.4, 0.5) is 0 Å².